The maximum absolute atomic E-state index is 11.9. The second-order valence-electron chi connectivity index (χ2n) is 3.57. The molecule has 1 aromatic rings. The third-order valence-corrected chi connectivity index (χ3v) is 2.13. The zero-order chi connectivity index (χ0) is 13.6. The number of rotatable bonds is 5. The highest BCUT2D eigenvalue weighted by molar-refractivity contribution is 5.99. The second kappa shape index (κ2) is 6.23. The molecule has 0 aliphatic heterocycles. The highest BCUT2D eigenvalue weighted by Crippen LogP contribution is 2.18. The second-order valence-corrected chi connectivity index (χ2v) is 3.57. The molecule has 0 aliphatic carbocycles. The van der Waals surface area contributed by atoms with E-state index in [4.69, 9.17) is 0 Å². The van der Waals surface area contributed by atoms with Gasteiger partial charge < -0.3 is 10.6 Å². The zero-order valence-electron chi connectivity index (χ0n) is 9.84. The van der Waals surface area contributed by atoms with Crippen LogP contribution in [-0.2, 0) is 0 Å². The van der Waals surface area contributed by atoms with Gasteiger partial charge in [0.1, 0.15) is 0 Å². The van der Waals surface area contributed by atoms with Crippen LogP contribution in [0.15, 0.2) is 18.5 Å². The summed E-state index contributed by atoms with van der Waals surface area (Å²) in [5, 5.41) is 5.15. The Morgan fingerprint density at radius 2 is 2.17 bits per heavy atom. The molecule has 7 heteroatoms. The molecular weight excluding hydrogens is 247 g/mol. The monoisotopic (exact) mass is 261 g/mol. The number of nitrogens with zero attached hydrogens (tertiary/aromatic N) is 1. The molecule has 0 fully saturated rings. The number of amides is 1. The number of aromatic nitrogens is 1. The van der Waals surface area contributed by atoms with Gasteiger partial charge in [-0.15, -0.1) is 0 Å². The molecule has 1 rings (SSSR count). The Labute approximate surface area is 103 Å². The lowest BCUT2D eigenvalue weighted by molar-refractivity contribution is -0.132. The Bertz CT molecular complexity index is 407. The smallest absolute Gasteiger partial charge is 0.383 e. The molecule has 0 radical (unpaired) electrons. The predicted molar refractivity (Wildman–Crippen MR) is 61.4 cm³/mol. The fourth-order valence-corrected chi connectivity index (χ4v) is 1.34. The van der Waals surface area contributed by atoms with Gasteiger partial charge in [-0.1, -0.05) is 0 Å². The van der Waals surface area contributed by atoms with Gasteiger partial charge in [-0.25, -0.2) is 0 Å². The summed E-state index contributed by atoms with van der Waals surface area (Å²) in [6.45, 7) is 2.00. The molecule has 0 aromatic carbocycles. The van der Waals surface area contributed by atoms with Crippen LogP contribution in [0.2, 0.25) is 0 Å². The molecule has 1 amide bonds. The van der Waals surface area contributed by atoms with Crippen molar-refractivity contribution in [3.05, 3.63) is 24.0 Å². The average molecular weight is 261 g/mol. The number of alkyl halides is 3. The summed E-state index contributed by atoms with van der Waals surface area (Å²) in [4.78, 5) is 15.5. The van der Waals surface area contributed by atoms with Crippen molar-refractivity contribution in [3.63, 3.8) is 0 Å². The van der Waals surface area contributed by atoms with Crippen LogP contribution in [0.1, 0.15) is 23.7 Å². The lowest BCUT2D eigenvalue weighted by Crippen LogP contribution is -2.28. The fourth-order valence-electron chi connectivity index (χ4n) is 1.34. The summed E-state index contributed by atoms with van der Waals surface area (Å²) in [6, 6.07) is 1.46. The van der Waals surface area contributed by atoms with Crippen molar-refractivity contribution in [1.82, 2.24) is 10.3 Å². The summed E-state index contributed by atoms with van der Waals surface area (Å²) >= 11 is 0. The number of carbonyl (C=O) groups excluding carboxylic acids is 1. The average Bonchev–Trinajstić information content (AvgIpc) is 2.28. The summed E-state index contributed by atoms with van der Waals surface area (Å²) in [5.41, 5.74) is 0.790. The maximum atomic E-state index is 11.9. The molecule has 0 saturated carbocycles. The van der Waals surface area contributed by atoms with Crippen LogP contribution in [0, 0.1) is 0 Å². The summed E-state index contributed by atoms with van der Waals surface area (Å²) < 4.78 is 35.8. The molecule has 1 heterocycles. The number of halogens is 3. The molecule has 2 N–H and O–H groups in total. The number of pyridine rings is 1. The molecule has 0 saturated heterocycles. The minimum atomic E-state index is -4.27. The van der Waals surface area contributed by atoms with E-state index in [1.54, 1.807) is 0 Å². The molecule has 0 unspecified atom stereocenters. The third kappa shape index (κ3) is 4.60. The van der Waals surface area contributed by atoms with Crippen molar-refractivity contribution in [3.8, 4) is 0 Å². The van der Waals surface area contributed by atoms with Crippen molar-refractivity contribution in [2.75, 3.05) is 18.4 Å². The van der Waals surface area contributed by atoms with Gasteiger partial charge in [0.05, 0.1) is 23.9 Å². The molecule has 1 aromatic heterocycles. The van der Waals surface area contributed by atoms with E-state index in [-0.39, 0.29) is 5.56 Å². The first-order valence-corrected chi connectivity index (χ1v) is 5.47. The molecule has 0 atom stereocenters. The van der Waals surface area contributed by atoms with Gasteiger partial charge in [0.15, 0.2) is 0 Å². The lowest BCUT2D eigenvalue weighted by atomic mass is 10.2. The van der Waals surface area contributed by atoms with Crippen molar-refractivity contribution in [2.45, 2.75) is 19.5 Å². The Kier molecular flexibility index (Phi) is 4.94. The van der Waals surface area contributed by atoms with Gasteiger partial charge >= 0.3 is 6.18 Å². The molecule has 0 spiro atoms. The molecule has 100 valence electrons. The van der Waals surface area contributed by atoms with Crippen molar-refractivity contribution < 1.29 is 18.0 Å². The zero-order valence-corrected chi connectivity index (χ0v) is 9.84. The van der Waals surface area contributed by atoms with E-state index in [9.17, 15) is 18.0 Å². The first-order chi connectivity index (χ1) is 8.44. The topological polar surface area (TPSA) is 54.0 Å². The highest BCUT2D eigenvalue weighted by atomic mass is 19.4. The van der Waals surface area contributed by atoms with Gasteiger partial charge in [0.25, 0.3) is 5.91 Å². The number of hydrogen-bond acceptors (Lipinski definition) is 3. The van der Waals surface area contributed by atoms with Crippen LogP contribution in [0.25, 0.3) is 0 Å². The summed E-state index contributed by atoms with van der Waals surface area (Å²) in [5.74, 6) is -0.544. The van der Waals surface area contributed by atoms with Crippen LogP contribution < -0.4 is 10.6 Å². The number of hydrogen-bond donors (Lipinski definition) is 2. The molecule has 4 nitrogen and oxygen atoms in total. The highest BCUT2D eigenvalue weighted by Gasteiger charge is 2.26. The van der Waals surface area contributed by atoms with Crippen LogP contribution in [0.3, 0.4) is 0 Å². The Morgan fingerprint density at radius 1 is 1.44 bits per heavy atom. The first-order valence-electron chi connectivity index (χ1n) is 5.47. The van der Waals surface area contributed by atoms with Gasteiger partial charge in [0, 0.05) is 19.3 Å². The van der Waals surface area contributed by atoms with E-state index in [0.717, 1.165) is 0 Å². The van der Waals surface area contributed by atoms with E-state index in [2.05, 4.69) is 15.6 Å². The SMILES string of the molecule is CCNc1cnccc1C(=O)NCCC(F)(F)F. The van der Waals surface area contributed by atoms with E-state index >= 15 is 0 Å². The van der Waals surface area contributed by atoms with Crippen molar-refractivity contribution in [1.29, 1.82) is 0 Å². The number of nitrogens with one attached hydrogen (secondary N) is 2. The molecule has 18 heavy (non-hydrogen) atoms. The van der Waals surface area contributed by atoms with E-state index in [1.807, 2.05) is 6.92 Å². The van der Waals surface area contributed by atoms with Crippen molar-refractivity contribution >= 4 is 11.6 Å². The van der Waals surface area contributed by atoms with Crippen molar-refractivity contribution in [2.24, 2.45) is 0 Å². The number of carbonyl (C=O) groups is 1. The third-order valence-electron chi connectivity index (χ3n) is 2.13. The summed E-state index contributed by atoms with van der Waals surface area (Å²) in [7, 11) is 0. The normalized spacial score (nSPS) is 11.1. The first kappa shape index (κ1) is 14.3. The van der Waals surface area contributed by atoms with Gasteiger partial charge in [-0.3, -0.25) is 9.78 Å². The van der Waals surface area contributed by atoms with E-state index in [1.165, 1.54) is 18.5 Å². The van der Waals surface area contributed by atoms with Gasteiger partial charge in [-0.05, 0) is 13.0 Å². The van der Waals surface area contributed by atoms with Crippen LogP contribution >= 0.6 is 0 Å². The Hall–Kier alpha value is -1.79. The minimum Gasteiger partial charge on any atom is -0.383 e. The van der Waals surface area contributed by atoms with E-state index in [0.29, 0.717) is 12.2 Å². The van der Waals surface area contributed by atoms with Gasteiger partial charge in [0.2, 0.25) is 0 Å². The molecular formula is C11H14F3N3O. The Morgan fingerprint density at radius 3 is 2.78 bits per heavy atom. The quantitative estimate of drug-likeness (QED) is 0.854. The largest absolute Gasteiger partial charge is 0.390 e. The fraction of sp³-hybridized carbons (Fsp3) is 0.455. The Balaban J connectivity index is 2.61. The maximum Gasteiger partial charge on any atom is 0.390 e. The van der Waals surface area contributed by atoms with Crippen LogP contribution in [-0.4, -0.2) is 30.2 Å². The van der Waals surface area contributed by atoms with Crippen LogP contribution in [0.4, 0.5) is 18.9 Å². The summed E-state index contributed by atoms with van der Waals surface area (Å²) in [6.07, 6.45) is -2.43. The minimum absolute atomic E-state index is 0.286. The lowest BCUT2D eigenvalue weighted by Gasteiger charge is -2.11. The van der Waals surface area contributed by atoms with E-state index < -0.39 is 25.0 Å². The number of anilines is 1. The predicted octanol–water partition coefficient (Wildman–Crippen LogP) is 2.20. The van der Waals surface area contributed by atoms with Gasteiger partial charge in [-0.2, -0.15) is 13.2 Å². The van der Waals surface area contributed by atoms with Crippen LogP contribution in [0.5, 0.6) is 0 Å². The standard InChI is InChI=1S/C11H14F3N3O/c1-2-16-9-7-15-5-3-8(9)10(18)17-6-4-11(12,13)14/h3,5,7,16H,2,4,6H2,1H3,(H,17,18). The molecule has 0 aliphatic rings. The molecule has 0 bridgehead atoms.